The lowest BCUT2D eigenvalue weighted by atomic mass is 9.98. The van der Waals surface area contributed by atoms with Crippen molar-refractivity contribution >= 4 is 18.0 Å². The fraction of sp³-hybridized carbons (Fsp3) is 0.333. The predicted octanol–water partition coefficient (Wildman–Crippen LogP) is 3.03. The molecule has 1 aliphatic rings. The van der Waals surface area contributed by atoms with Gasteiger partial charge in [-0.1, -0.05) is 48.5 Å². The number of aliphatic carboxylic acids is 1. The zero-order valence-electron chi connectivity index (χ0n) is 17.7. The van der Waals surface area contributed by atoms with Crippen molar-refractivity contribution in [3.05, 3.63) is 59.7 Å². The number of ether oxygens (including phenoxy) is 1. The zero-order chi connectivity index (χ0) is 23.1. The van der Waals surface area contributed by atoms with Crippen LogP contribution in [0.4, 0.5) is 4.79 Å². The Labute approximate surface area is 186 Å². The van der Waals surface area contributed by atoms with E-state index < -0.39 is 29.9 Å². The molecule has 1 aliphatic carbocycles. The number of hydrogen-bond donors (Lipinski definition) is 3. The van der Waals surface area contributed by atoms with Gasteiger partial charge in [0, 0.05) is 18.9 Å². The van der Waals surface area contributed by atoms with Gasteiger partial charge in [0.15, 0.2) is 0 Å². The lowest BCUT2D eigenvalue weighted by molar-refractivity contribution is -0.137. The number of alkyl carbamates (subject to hydrolysis) is 1. The van der Waals surface area contributed by atoms with E-state index >= 15 is 0 Å². The maximum Gasteiger partial charge on any atom is 0.407 e. The van der Waals surface area contributed by atoms with Gasteiger partial charge in [-0.2, -0.15) is 5.26 Å². The predicted molar refractivity (Wildman–Crippen MR) is 117 cm³/mol. The summed E-state index contributed by atoms with van der Waals surface area (Å²) in [5, 5.41) is 22.8. The number of amides is 2. The maximum absolute atomic E-state index is 12.5. The molecule has 3 N–H and O–H groups in total. The van der Waals surface area contributed by atoms with Gasteiger partial charge in [-0.25, -0.2) is 4.79 Å². The molecule has 0 aliphatic heterocycles. The minimum absolute atomic E-state index is 0.0819. The van der Waals surface area contributed by atoms with Crippen molar-refractivity contribution in [1.82, 2.24) is 10.6 Å². The van der Waals surface area contributed by atoms with Gasteiger partial charge in [0.25, 0.3) is 0 Å². The minimum Gasteiger partial charge on any atom is -0.481 e. The van der Waals surface area contributed by atoms with Crippen LogP contribution in [0.25, 0.3) is 11.1 Å². The van der Waals surface area contributed by atoms with E-state index in [1.165, 1.54) is 0 Å². The van der Waals surface area contributed by atoms with Crippen molar-refractivity contribution in [3.8, 4) is 17.2 Å². The van der Waals surface area contributed by atoms with E-state index in [0.29, 0.717) is 0 Å². The van der Waals surface area contributed by atoms with E-state index in [9.17, 15) is 14.4 Å². The van der Waals surface area contributed by atoms with Crippen LogP contribution in [0.1, 0.15) is 36.8 Å². The highest BCUT2D eigenvalue weighted by atomic mass is 16.5. The van der Waals surface area contributed by atoms with Crippen molar-refractivity contribution in [1.29, 1.82) is 5.26 Å². The third kappa shape index (κ3) is 5.43. The summed E-state index contributed by atoms with van der Waals surface area (Å²) in [4.78, 5) is 35.8. The summed E-state index contributed by atoms with van der Waals surface area (Å²) < 4.78 is 5.44. The summed E-state index contributed by atoms with van der Waals surface area (Å²) in [7, 11) is 0. The molecule has 8 heteroatoms. The number of carbonyl (C=O) groups excluding carboxylic acids is 2. The topological polar surface area (TPSA) is 129 Å². The molecule has 0 saturated carbocycles. The van der Waals surface area contributed by atoms with E-state index in [1.54, 1.807) is 6.92 Å². The second-order valence-corrected chi connectivity index (χ2v) is 7.73. The molecule has 2 unspecified atom stereocenters. The number of carboxylic acid groups (broad SMARTS) is 1. The number of carboxylic acids is 1. The van der Waals surface area contributed by atoms with Crippen LogP contribution < -0.4 is 10.6 Å². The first-order chi connectivity index (χ1) is 15.4. The second kappa shape index (κ2) is 10.4. The zero-order valence-corrected chi connectivity index (χ0v) is 17.7. The Balaban J connectivity index is 1.64. The third-order valence-electron chi connectivity index (χ3n) is 5.40. The molecule has 8 nitrogen and oxygen atoms in total. The molecule has 0 radical (unpaired) electrons. The molecule has 3 rings (SSSR count). The number of hydrogen-bond acceptors (Lipinski definition) is 5. The normalized spacial score (nSPS) is 13.8. The van der Waals surface area contributed by atoms with Gasteiger partial charge in [0.2, 0.25) is 5.91 Å². The van der Waals surface area contributed by atoms with Crippen molar-refractivity contribution < 1.29 is 24.2 Å². The Hall–Kier alpha value is -3.86. The molecule has 0 heterocycles. The largest absolute Gasteiger partial charge is 0.481 e. The van der Waals surface area contributed by atoms with E-state index in [4.69, 9.17) is 15.1 Å². The number of fused-ring (bicyclic) bond motifs is 3. The molecule has 0 saturated heterocycles. The number of nitrogens with zero attached hydrogens (tertiary/aromatic N) is 1. The number of rotatable bonds is 9. The van der Waals surface area contributed by atoms with Crippen LogP contribution in [-0.2, 0) is 14.3 Å². The summed E-state index contributed by atoms with van der Waals surface area (Å²) in [6, 6.07) is 16.8. The highest BCUT2D eigenvalue weighted by Gasteiger charge is 2.30. The Morgan fingerprint density at radius 1 is 1.09 bits per heavy atom. The van der Waals surface area contributed by atoms with Crippen LogP contribution in [-0.4, -0.2) is 42.3 Å². The summed E-state index contributed by atoms with van der Waals surface area (Å²) in [5.41, 5.74) is 4.32. The number of nitrogens with one attached hydrogen (secondary N) is 2. The van der Waals surface area contributed by atoms with Crippen LogP contribution >= 0.6 is 0 Å². The monoisotopic (exact) mass is 435 g/mol. The molecule has 2 aromatic rings. The smallest absolute Gasteiger partial charge is 0.407 e. The third-order valence-corrected chi connectivity index (χ3v) is 5.40. The van der Waals surface area contributed by atoms with Crippen molar-refractivity contribution in [3.63, 3.8) is 0 Å². The lowest BCUT2D eigenvalue weighted by Gasteiger charge is -2.19. The first kappa shape index (κ1) is 22.8. The van der Waals surface area contributed by atoms with E-state index in [0.717, 1.165) is 22.3 Å². The first-order valence-electron chi connectivity index (χ1n) is 10.4. The second-order valence-electron chi connectivity index (χ2n) is 7.73. The van der Waals surface area contributed by atoms with Crippen LogP contribution in [0.15, 0.2) is 48.5 Å². The molecule has 0 aromatic heterocycles. The average molecular weight is 435 g/mol. The first-order valence-corrected chi connectivity index (χ1v) is 10.4. The Bertz CT molecular complexity index is 1000. The number of carbonyl (C=O) groups is 3. The van der Waals surface area contributed by atoms with E-state index in [-0.39, 0.29) is 31.9 Å². The quantitative estimate of drug-likeness (QED) is 0.555. The number of nitriles is 1. The number of benzene rings is 2. The summed E-state index contributed by atoms with van der Waals surface area (Å²) in [6.07, 6.45) is -1.19. The SMILES string of the molecule is CC(C#N)CNC(=O)C(CCC(=O)O)NC(=O)OCC1c2ccccc2-c2ccccc21. The average Bonchev–Trinajstić information content (AvgIpc) is 3.12. The minimum atomic E-state index is -1.08. The van der Waals surface area contributed by atoms with E-state index in [2.05, 4.69) is 10.6 Å². The van der Waals surface area contributed by atoms with E-state index in [1.807, 2.05) is 54.6 Å². The lowest BCUT2D eigenvalue weighted by Crippen LogP contribution is -2.48. The molecule has 32 heavy (non-hydrogen) atoms. The fourth-order valence-electron chi connectivity index (χ4n) is 3.74. The molecule has 166 valence electrons. The van der Waals surface area contributed by atoms with Gasteiger partial charge in [-0.15, -0.1) is 0 Å². The van der Waals surface area contributed by atoms with Crippen LogP contribution in [0.3, 0.4) is 0 Å². The maximum atomic E-state index is 12.5. The van der Waals surface area contributed by atoms with Crippen molar-refractivity contribution in [2.75, 3.05) is 13.2 Å². The van der Waals surface area contributed by atoms with Crippen LogP contribution in [0.5, 0.6) is 0 Å². The van der Waals surface area contributed by atoms with Crippen molar-refractivity contribution in [2.45, 2.75) is 31.7 Å². The molecule has 0 spiro atoms. The molecule has 0 fully saturated rings. The Morgan fingerprint density at radius 2 is 1.69 bits per heavy atom. The molecular formula is C24H25N3O5. The van der Waals surface area contributed by atoms with Gasteiger partial charge in [0.1, 0.15) is 12.6 Å². The molecule has 2 atom stereocenters. The van der Waals surface area contributed by atoms with Gasteiger partial charge in [-0.05, 0) is 35.6 Å². The summed E-state index contributed by atoms with van der Waals surface area (Å²) in [6.45, 7) is 1.83. The fourth-order valence-corrected chi connectivity index (χ4v) is 3.74. The molecule has 2 aromatic carbocycles. The van der Waals surface area contributed by atoms with Gasteiger partial charge >= 0.3 is 12.1 Å². The molecule has 2 amide bonds. The molecular weight excluding hydrogens is 410 g/mol. The van der Waals surface area contributed by atoms with Crippen molar-refractivity contribution in [2.24, 2.45) is 5.92 Å². The Morgan fingerprint density at radius 3 is 2.25 bits per heavy atom. The Kier molecular flexibility index (Phi) is 7.45. The highest BCUT2D eigenvalue weighted by molar-refractivity contribution is 5.86. The van der Waals surface area contributed by atoms with Crippen LogP contribution in [0, 0.1) is 17.2 Å². The molecule has 0 bridgehead atoms. The van der Waals surface area contributed by atoms with Crippen LogP contribution in [0.2, 0.25) is 0 Å². The van der Waals surface area contributed by atoms with Gasteiger partial charge < -0.3 is 20.5 Å². The standard InChI is InChI=1S/C24H25N3O5/c1-15(12-25)13-26-23(30)21(10-11-22(28)29)27-24(31)32-14-20-18-8-4-2-6-16(18)17-7-3-5-9-19(17)20/h2-9,15,20-21H,10-11,13-14H2,1H3,(H,26,30)(H,27,31)(H,28,29). The van der Waals surface area contributed by atoms with Gasteiger partial charge in [0.05, 0.1) is 12.0 Å². The summed E-state index contributed by atoms with van der Waals surface area (Å²) >= 11 is 0. The summed E-state index contributed by atoms with van der Waals surface area (Å²) in [5.74, 6) is -2.17. The highest BCUT2D eigenvalue weighted by Crippen LogP contribution is 2.44. The van der Waals surface area contributed by atoms with Gasteiger partial charge in [-0.3, -0.25) is 9.59 Å².